The zero-order chi connectivity index (χ0) is 14.8. The molecule has 0 saturated carbocycles. The highest BCUT2D eigenvalue weighted by Crippen LogP contribution is 2.23. The zero-order valence-electron chi connectivity index (χ0n) is 12.0. The molecule has 0 aliphatic carbocycles. The monoisotopic (exact) mass is 292 g/mol. The van der Waals surface area contributed by atoms with Crippen LogP contribution in [0.5, 0.6) is 0 Å². The fourth-order valence-corrected chi connectivity index (χ4v) is 3.39. The molecule has 0 amide bonds. The van der Waals surface area contributed by atoms with Gasteiger partial charge in [0.05, 0.1) is 5.56 Å². The number of piperazine rings is 1. The first-order valence-corrected chi connectivity index (χ1v) is 7.40. The number of fused-ring (bicyclic) bond motifs is 1. The van der Waals surface area contributed by atoms with Gasteiger partial charge in [0.2, 0.25) is 0 Å². The molecular weight excluding hydrogens is 271 g/mol. The third kappa shape index (κ3) is 2.87. The van der Waals surface area contributed by atoms with Crippen molar-refractivity contribution in [2.24, 2.45) is 10.9 Å². The molecule has 2 saturated heterocycles. The van der Waals surface area contributed by atoms with Gasteiger partial charge >= 0.3 is 0 Å². The molecule has 3 N–H and O–H groups in total. The number of halogens is 1. The van der Waals surface area contributed by atoms with Crippen LogP contribution < -0.4 is 5.73 Å². The van der Waals surface area contributed by atoms with Crippen molar-refractivity contribution in [3.05, 3.63) is 35.1 Å². The molecule has 1 aromatic rings. The maximum absolute atomic E-state index is 14.4. The first-order valence-electron chi connectivity index (χ1n) is 7.40. The van der Waals surface area contributed by atoms with Gasteiger partial charge in [0.1, 0.15) is 5.82 Å². The van der Waals surface area contributed by atoms with E-state index in [2.05, 4.69) is 15.0 Å². The second kappa shape index (κ2) is 5.99. The number of rotatable bonds is 3. The molecular formula is C15H21FN4O. The third-order valence-corrected chi connectivity index (χ3v) is 4.53. The van der Waals surface area contributed by atoms with Crippen LogP contribution in [0, 0.1) is 5.82 Å². The van der Waals surface area contributed by atoms with Crippen LogP contribution in [0.1, 0.15) is 24.0 Å². The number of oxime groups is 1. The van der Waals surface area contributed by atoms with Crippen molar-refractivity contribution in [3.8, 4) is 0 Å². The van der Waals surface area contributed by atoms with E-state index >= 15 is 0 Å². The second-order valence-electron chi connectivity index (χ2n) is 5.83. The smallest absolute Gasteiger partial charge is 0.173 e. The van der Waals surface area contributed by atoms with Crippen LogP contribution in [-0.2, 0) is 6.54 Å². The Labute approximate surface area is 123 Å². The van der Waals surface area contributed by atoms with Gasteiger partial charge in [-0.1, -0.05) is 17.3 Å². The van der Waals surface area contributed by atoms with Gasteiger partial charge in [-0.25, -0.2) is 4.39 Å². The summed E-state index contributed by atoms with van der Waals surface area (Å²) in [6.45, 7) is 4.79. The average Bonchev–Trinajstić information content (AvgIpc) is 2.96. The summed E-state index contributed by atoms with van der Waals surface area (Å²) in [5.41, 5.74) is 6.27. The van der Waals surface area contributed by atoms with Crippen LogP contribution in [0.15, 0.2) is 23.4 Å². The van der Waals surface area contributed by atoms with Crippen molar-refractivity contribution in [3.63, 3.8) is 0 Å². The number of nitrogens with two attached hydrogens (primary N) is 1. The lowest BCUT2D eigenvalue weighted by atomic mass is 10.1. The van der Waals surface area contributed by atoms with Gasteiger partial charge in [0.25, 0.3) is 0 Å². The fourth-order valence-electron chi connectivity index (χ4n) is 3.39. The molecule has 1 atom stereocenters. The van der Waals surface area contributed by atoms with Gasteiger partial charge in [-0.15, -0.1) is 0 Å². The second-order valence-corrected chi connectivity index (χ2v) is 5.83. The molecule has 2 aliphatic heterocycles. The molecule has 0 aromatic heterocycles. The number of hydrogen-bond donors (Lipinski definition) is 2. The van der Waals surface area contributed by atoms with E-state index in [1.165, 1.54) is 25.5 Å². The predicted octanol–water partition coefficient (Wildman–Crippen LogP) is 1.20. The Morgan fingerprint density at radius 2 is 2.24 bits per heavy atom. The maximum atomic E-state index is 14.4. The van der Waals surface area contributed by atoms with Crippen LogP contribution in [0.3, 0.4) is 0 Å². The minimum atomic E-state index is -0.387. The Bertz CT molecular complexity index is 548. The number of amidine groups is 1. The SMILES string of the molecule is N/C(=N/O)c1cccc(CN2CCN3CCCC3C2)c1F. The van der Waals surface area contributed by atoms with Crippen molar-refractivity contribution in [2.75, 3.05) is 26.2 Å². The van der Waals surface area contributed by atoms with Gasteiger partial charge in [-0.05, 0) is 25.5 Å². The minimum Gasteiger partial charge on any atom is -0.409 e. The Morgan fingerprint density at radius 3 is 3.05 bits per heavy atom. The van der Waals surface area contributed by atoms with Crippen molar-refractivity contribution >= 4 is 5.84 Å². The summed E-state index contributed by atoms with van der Waals surface area (Å²) in [5.74, 6) is -0.573. The van der Waals surface area contributed by atoms with E-state index < -0.39 is 0 Å². The highest BCUT2D eigenvalue weighted by Gasteiger charge is 2.30. The minimum absolute atomic E-state index is 0.162. The van der Waals surface area contributed by atoms with Crippen LogP contribution in [-0.4, -0.2) is 53.1 Å². The molecule has 0 spiro atoms. The summed E-state index contributed by atoms with van der Waals surface area (Å²) < 4.78 is 14.4. The first kappa shape index (κ1) is 14.3. The molecule has 2 aliphatic rings. The van der Waals surface area contributed by atoms with Gasteiger partial charge in [-0.3, -0.25) is 9.80 Å². The summed E-state index contributed by atoms with van der Waals surface area (Å²) in [4.78, 5) is 4.82. The molecule has 21 heavy (non-hydrogen) atoms. The molecule has 1 unspecified atom stereocenters. The lowest BCUT2D eigenvalue weighted by Gasteiger charge is -2.37. The molecule has 0 radical (unpaired) electrons. The van der Waals surface area contributed by atoms with E-state index in [1.807, 2.05) is 0 Å². The van der Waals surface area contributed by atoms with Crippen molar-refractivity contribution < 1.29 is 9.60 Å². The van der Waals surface area contributed by atoms with Crippen LogP contribution in [0.2, 0.25) is 0 Å². The summed E-state index contributed by atoms with van der Waals surface area (Å²) >= 11 is 0. The molecule has 0 bridgehead atoms. The highest BCUT2D eigenvalue weighted by molar-refractivity contribution is 5.97. The maximum Gasteiger partial charge on any atom is 0.173 e. The molecule has 2 heterocycles. The molecule has 114 valence electrons. The number of benzene rings is 1. The third-order valence-electron chi connectivity index (χ3n) is 4.53. The summed E-state index contributed by atoms with van der Waals surface area (Å²) in [5, 5.41) is 11.6. The van der Waals surface area contributed by atoms with Gasteiger partial charge in [-0.2, -0.15) is 0 Å². The zero-order valence-corrected chi connectivity index (χ0v) is 12.0. The Morgan fingerprint density at radius 1 is 1.38 bits per heavy atom. The Kier molecular flexibility index (Phi) is 4.07. The van der Waals surface area contributed by atoms with Crippen molar-refractivity contribution in [1.29, 1.82) is 0 Å². The molecule has 1 aromatic carbocycles. The largest absolute Gasteiger partial charge is 0.409 e. The van der Waals surface area contributed by atoms with Gasteiger partial charge in [0, 0.05) is 37.8 Å². The van der Waals surface area contributed by atoms with Gasteiger partial charge in [0.15, 0.2) is 5.84 Å². The number of hydrogen-bond acceptors (Lipinski definition) is 4. The van der Waals surface area contributed by atoms with E-state index in [9.17, 15) is 4.39 Å². The fraction of sp³-hybridized carbons (Fsp3) is 0.533. The summed E-state index contributed by atoms with van der Waals surface area (Å²) in [6.07, 6.45) is 2.51. The quantitative estimate of drug-likeness (QED) is 0.380. The first-order chi connectivity index (χ1) is 10.2. The van der Waals surface area contributed by atoms with E-state index in [1.54, 1.807) is 12.1 Å². The molecule has 2 fully saturated rings. The molecule has 6 heteroatoms. The normalized spacial score (nSPS) is 24.2. The average molecular weight is 292 g/mol. The number of nitrogens with zero attached hydrogens (tertiary/aromatic N) is 3. The van der Waals surface area contributed by atoms with Crippen LogP contribution in [0.4, 0.5) is 4.39 Å². The summed E-state index contributed by atoms with van der Waals surface area (Å²) in [7, 11) is 0. The topological polar surface area (TPSA) is 65.1 Å². The standard InChI is InChI=1S/C15H21FN4O/c16-14-11(3-1-5-13(14)15(17)18-21)9-19-7-8-20-6-2-4-12(20)10-19/h1,3,5,12,21H,2,4,6-10H2,(H2,17,18). The van der Waals surface area contributed by atoms with E-state index in [-0.39, 0.29) is 17.2 Å². The van der Waals surface area contributed by atoms with Gasteiger partial charge < -0.3 is 10.9 Å². The molecule has 5 nitrogen and oxygen atoms in total. The highest BCUT2D eigenvalue weighted by atomic mass is 19.1. The van der Waals surface area contributed by atoms with E-state index in [0.717, 1.165) is 19.6 Å². The lowest BCUT2D eigenvalue weighted by molar-refractivity contribution is 0.0985. The predicted molar refractivity (Wildman–Crippen MR) is 78.8 cm³/mol. The van der Waals surface area contributed by atoms with Crippen molar-refractivity contribution in [2.45, 2.75) is 25.4 Å². The van der Waals surface area contributed by atoms with Crippen LogP contribution >= 0.6 is 0 Å². The van der Waals surface area contributed by atoms with E-state index in [0.29, 0.717) is 18.2 Å². The van der Waals surface area contributed by atoms with Crippen LogP contribution in [0.25, 0.3) is 0 Å². The Balaban J connectivity index is 1.73. The lowest BCUT2D eigenvalue weighted by Crippen LogP contribution is -2.49. The van der Waals surface area contributed by atoms with Crippen molar-refractivity contribution in [1.82, 2.24) is 9.80 Å². The molecule has 3 rings (SSSR count). The van der Waals surface area contributed by atoms with E-state index in [4.69, 9.17) is 10.9 Å². The Hall–Kier alpha value is -1.66. The summed E-state index contributed by atoms with van der Waals surface area (Å²) in [6, 6.07) is 5.67.